The average Bonchev–Trinajstić information content (AvgIpc) is 3.42. The Balaban J connectivity index is 1.52. The molecule has 2 N–H and O–H groups in total. The lowest BCUT2D eigenvalue weighted by Crippen LogP contribution is -2.49. The number of halogens is 4. The van der Waals surface area contributed by atoms with Gasteiger partial charge in [0.05, 0.1) is 29.9 Å². The number of hydrogen-bond acceptors (Lipinski definition) is 4. The van der Waals surface area contributed by atoms with Crippen LogP contribution in [0.1, 0.15) is 41.8 Å². The predicted octanol–water partition coefficient (Wildman–Crippen LogP) is 7.06. The van der Waals surface area contributed by atoms with Crippen LogP contribution in [-0.2, 0) is 30.5 Å². The first-order valence-corrected chi connectivity index (χ1v) is 15.0. The summed E-state index contributed by atoms with van der Waals surface area (Å²) < 4.78 is 43.5. The number of nitrogens with zero attached hydrogens (tertiary/aromatic N) is 4. The fourth-order valence-electron chi connectivity index (χ4n) is 4.73. The third-order valence-electron chi connectivity index (χ3n) is 7.19. The molecule has 0 saturated heterocycles. The molecule has 12 heteroatoms. The molecule has 4 aromatic rings. The molecule has 0 aliphatic carbocycles. The van der Waals surface area contributed by atoms with Crippen LogP contribution in [0.2, 0.25) is 5.02 Å². The van der Waals surface area contributed by atoms with Gasteiger partial charge in [-0.1, -0.05) is 61.8 Å². The second-order valence-electron chi connectivity index (χ2n) is 10.9. The summed E-state index contributed by atoms with van der Waals surface area (Å²) in [6.07, 6.45) is -1.24. The van der Waals surface area contributed by atoms with Gasteiger partial charge in [0.1, 0.15) is 0 Å². The van der Waals surface area contributed by atoms with E-state index >= 15 is 0 Å². The quantitative estimate of drug-likeness (QED) is 0.169. The molecule has 1 atom stereocenters. The number of nitrogens with one attached hydrogen (secondary N) is 2. The predicted molar refractivity (Wildman–Crippen MR) is 172 cm³/mol. The molecule has 234 valence electrons. The van der Waals surface area contributed by atoms with Crippen molar-refractivity contribution < 1.29 is 18.0 Å². The fraction of sp³-hybridized carbons (Fsp3) is 0.273. The van der Waals surface area contributed by atoms with Crippen molar-refractivity contribution in [3.63, 3.8) is 0 Å². The number of thiocarbonyl (C=S) groups is 1. The number of benzene rings is 3. The molecule has 0 bridgehead atoms. The van der Waals surface area contributed by atoms with Gasteiger partial charge in [-0.3, -0.25) is 4.79 Å². The summed E-state index contributed by atoms with van der Waals surface area (Å²) in [7, 11) is 0. The Morgan fingerprint density at radius 1 is 1.11 bits per heavy atom. The van der Waals surface area contributed by atoms with Gasteiger partial charge >= 0.3 is 6.18 Å². The number of imidazole rings is 1. The molecule has 0 spiro atoms. The molecule has 0 unspecified atom stereocenters. The average molecular weight is 653 g/mol. The molecular formula is C33H32ClF3N6OS. The smallest absolute Gasteiger partial charge is 0.351 e. The van der Waals surface area contributed by atoms with Crippen LogP contribution in [0.5, 0.6) is 0 Å². The first-order chi connectivity index (χ1) is 21.4. The summed E-state index contributed by atoms with van der Waals surface area (Å²) in [6, 6.07) is 21.0. The Labute approximate surface area is 270 Å². The van der Waals surface area contributed by atoms with E-state index in [1.807, 2.05) is 30.5 Å². The van der Waals surface area contributed by atoms with E-state index in [-0.39, 0.29) is 42.0 Å². The highest BCUT2D eigenvalue weighted by molar-refractivity contribution is 7.80. The number of hydrogen-bond donors (Lipinski definition) is 2. The largest absolute Gasteiger partial charge is 0.416 e. The number of rotatable bonds is 11. The van der Waals surface area contributed by atoms with Crippen LogP contribution in [0.25, 0.3) is 0 Å². The lowest BCUT2D eigenvalue weighted by Gasteiger charge is -2.33. The summed E-state index contributed by atoms with van der Waals surface area (Å²) in [5.41, 5.74) is 2.09. The highest BCUT2D eigenvalue weighted by Crippen LogP contribution is 2.32. The lowest BCUT2D eigenvalue weighted by molar-refractivity contribution is -0.138. The van der Waals surface area contributed by atoms with Gasteiger partial charge in [0.2, 0.25) is 5.91 Å². The van der Waals surface area contributed by atoms with Crippen molar-refractivity contribution in [2.24, 2.45) is 5.92 Å². The molecule has 0 fully saturated rings. The van der Waals surface area contributed by atoms with Gasteiger partial charge in [-0.2, -0.15) is 18.4 Å². The van der Waals surface area contributed by atoms with Gasteiger partial charge in [-0.15, -0.1) is 0 Å². The Bertz CT molecular complexity index is 1670. The first-order valence-electron chi connectivity index (χ1n) is 14.2. The molecule has 0 radical (unpaired) electrons. The zero-order valence-electron chi connectivity index (χ0n) is 24.7. The van der Waals surface area contributed by atoms with E-state index in [1.165, 1.54) is 12.1 Å². The standard InChI is InChI=1S/C33H32ClF3N6OS/c1-22(2)30(41-31(44)15-28-17-39-21-43(28)18-24-12-10-23(16-38)11-13-24)20-42(32(45)40-27-8-5-7-26(34)14-27)19-25-6-3-4-9-29(25)33(35,36)37/h3-14,17,21-22,30H,15,18-20H2,1-2H3,(H,40,45)(H,41,44)/t30-/m1/s1. The van der Waals surface area contributed by atoms with E-state index in [0.29, 0.717) is 28.5 Å². The van der Waals surface area contributed by atoms with Gasteiger partial charge in [0.15, 0.2) is 5.11 Å². The minimum atomic E-state index is -4.54. The molecule has 1 heterocycles. The molecule has 45 heavy (non-hydrogen) atoms. The third-order valence-corrected chi connectivity index (χ3v) is 7.79. The van der Waals surface area contributed by atoms with Crippen LogP contribution < -0.4 is 10.6 Å². The Morgan fingerprint density at radius 3 is 2.51 bits per heavy atom. The van der Waals surface area contributed by atoms with E-state index < -0.39 is 17.8 Å². The van der Waals surface area contributed by atoms with E-state index in [9.17, 15) is 18.0 Å². The Kier molecular flexibility index (Phi) is 11.2. The number of carbonyl (C=O) groups excluding carboxylic acids is 1. The van der Waals surface area contributed by atoms with Crippen molar-refractivity contribution in [3.05, 3.63) is 118 Å². The molecule has 4 rings (SSSR count). The first kappa shape index (κ1) is 33.5. The summed E-state index contributed by atoms with van der Waals surface area (Å²) in [6.45, 7) is 4.33. The minimum Gasteiger partial charge on any atom is -0.351 e. The fourth-order valence-corrected chi connectivity index (χ4v) is 5.18. The SMILES string of the molecule is CC(C)[C@@H](CN(Cc1ccccc1C(F)(F)F)C(=S)Nc1cccc(Cl)c1)NC(=O)Cc1cncn1Cc1ccc(C#N)cc1. The topological polar surface area (TPSA) is 86.0 Å². The van der Waals surface area contributed by atoms with Gasteiger partial charge in [0.25, 0.3) is 0 Å². The zero-order chi connectivity index (χ0) is 32.6. The molecule has 0 saturated carbocycles. The number of nitriles is 1. The van der Waals surface area contributed by atoms with Crippen molar-refractivity contribution >= 4 is 40.5 Å². The molecule has 3 aromatic carbocycles. The number of carbonyl (C=O) groups is 1. The summed E-state index contributed by atoms with van der Waals surface area (Å²) >= 11 is 11.8. The van der Waals surface area contributed by atoms with E-state index in [2.05, 4.69) is 21.7 Å². The second-order valence-corrected chi connectivity index (χ2v) is 11.7. The zero-order valence-corrected chi connectivity index (χ0v) is 26.3. The van der Waals surface area contributed by atoms with Gasteiger partial charge in [0, 0.05) is 48.3 Å². The highest BCUT2D eigenvalue weighted by Gasteiger charge is 2.34. The van der Waals surface area contributed by atoms with Gasteiger partial charge in [-0.25, -0.2) is 4.98 Å². The maximum absolute atomic E-state index is 13.9. The molecule has 0 aliphatic rings. The van der Waals surface area contributed by atoms with E-state index in [1.54, 1.807) is 59.9 Å². The highest BCUT2D eigenvalue weighted by atomic mass is 35.5. The number of alkyl halides is 3. The number of anilines is 1. The van der Waals surface area contributed by atoms with Crippen LogP contribution in [0.4, 0.5) is 18.9 Å². The molecular weight excluding hydrogens is 621 g/mol. The molecule has 1 amide bonds. The lowest BCUT2D eigenvalue weighted by atomic mass is 10.0. The molecule has 1 aromatic heterocycles. The minimum absolute atomic E-state index is 0.0433. The van der Waals surface area contributed by atoms with Crippen molar-refractivity contribution in [3.8, 4) is 6.07 Å². The van der Waals surface area contributed by atoms with Crippen LogP contribution in [0.15, 0.2) is 85.3 Å². The van der Waals surface area contributed by atoms with E-state index in [4.69, 9.17) is 29.1 Å². The number of amides is 1. The van der Waals surface area contributed by atoms with Crippen molar-refractivity contribution in [1.29, 1.82) is 5.26 Å². The Morgan fingerprint density at radius 2 is 1.84 bits per heavy atom. The van der Waals surface area contributed by atoms with Crippen molar-refractivity contribution in [1.82, 2.24) is 19.8 Å². The summed E-state index contributed by atoms with van der Waals surface area (Å²) in [5, 5.41) is 15.9. The normalized spacial score (nSPS) is 12.0. The Hall–Kier alpha value is -4.40. The molecule has 0 aliphatic heterocycles. The van der Waals surface area contributed by atoms with Crippen LogP contribution in [0, 0.1) is 17.2 Å². The maximum Gasteiger partial charge on any atom is 0.416 e. The van der Waals surface area contributed by atoms with Crippen molar-refractivity contribution in [2.75, 3.05) is 11.9 Å². The van der Waals surface area contributed by atoms with Gasteiger partial charge in [-0.05, 0) is 65.7 Å². The van der Waals surface area contributed by atoms with Crippen LogP contribution in [-0.4, -0.2) is 38.1 Å². The van der Waals surface area contributed by atoms with E-state index in [0.717, 1.165) is 11.6 Å². The summed E-state index contributed by atoms with van der Waals surface area (Å²) in [4.78, 5) is 19.2. The maximum atomic E-state index is 13.9. The van der Waals surface area contributed by atoms with Crippen molar-refractivity contribution in [2.45, 2.75) is 45.6 Å². The third kappa shape index (κ3) is 9.54. The molecule has 7 nitrogen and oxygen atoms in total. The number of aromatic nitrogens is 2. The van der Waals surface area contributed by atoms with Crippen LogP contribution >= 0.6 is 23.8 Å². The van der Waals surface area contributed by atoms with Crippen LogP contribution in [0.3, 0.4) is 0 Å². The summed E-state index contributed by atoms with van der Waals surface area (Å²) in [5.74, 6) is -0.341. The monoisotopic (exact) mass is 652 g/mol. The second kappa shape index (κ2) is 15.1. The van der Waals surface area contributed by atoms with Gasteiger partial charge < -0.3 is 20.1 Å².